The lowest BCUT2D eigenvalue weighted by molar-refractivity contribution is -0.148. The quantitative estimate of drug-likeness (QED) is 0.809. The van der Waals surface area contributed by atoms with Crippen molar-refractivity contribution >= 4 is 12.0 Å². The van der Waals surface area contributed by atoms with Crippen molar-refractivity contribution in [2.75, 3.05) is 6.54 Å². The number of rotatable bonds is 3. The molecular weight excluding hydrogens is 232 g/mol. The first-order valence-electron chi connectivity index (χ1n) is 6.77. The minimum absolute atomic E-state index is 0.127. The summed E-state index contributed by atoms with van der Waals surface area (Å²) in [5, 5.41) is 12.4. The molecule has 0 spiro atoms. The molecule has 2 aliphatic rings. The lowest BCUT2D eigenvalue weighted by Gasteiger charge is -2.42. The van der Waals surface area contributed by atoms with E-state index in [0.717, 1.165) is 25.7 Å². The Morgan fingerprint density at radius 3 is 2.39 bits per heavy atom. The van der Waals surface area contributed by atoms with E-state index in [0.29, 0.717) is 19.4 Å². The van der Waals surface area contributed by atoms with Gasteiger partial charge in [0, 0.05) is 12.1 Å². The van der Waals surface area contributed by atoms with Crippen LogP contribution >= 0.6 is 0 Å². The van der Waals surface area contributed by atoms with E-state index >= 15 is 0 Å². The second-order valence-electron chi connectivity index (χ2n) is 5.79. The molecule has 0 aromatic carbocycles. The summed E-state index contributed by atoms with van der Waals surface area (Å²) in [6.45, 7) is 4.41. The van der Waals surface area contributed by atoms with Crippen molar-refractivity contribution in [3.63, 3.8) is 0 Å². The van der Waals surface area contributed by atoms with Gasteiger partial charge in [-0.2, -0.15) is 0 Å². The zero-order valence-electron chi connectivity index (χ0n) is 11.2. The molecule has 0 radical (unpaired) electrons. The first-order valence-corrected chi connectivity index (χ1v) is 6.77. The first kappa shape index (κ1) is 13.2. The summed E-state index contributed by atoms with van der Waals surface area (Å²) in [5.74, 6) is -0.878. The third-order valence-electron chi connectivity index (χ3n) is 4.58. The number of urea groups is 1. The number of likely N-dealkylation sites (tertiary alicyclic amines) is 1. The highest BCUT2D eigenvalue weighted by atomic mass is 16.4. The Morgan fingerprint density at radius 2 is 1.94 bits per heavy atom. The molecule has 2 rings (SSSR count). The maximum absolute atomic E-state index is 12.3. The van der Waals surface area contributed by atoms with Crippen molar-refractivity contribution in [2.24, 2.45) is 0 Å². The third-order valence-corrected chi connectivity index (χ3v) is 4.58. The molecule has 1 atom stereocenters. The second kappa shape index (κ2) is 4.44. The van der Waals surface area contributed by atoms with Crippen LogP contribution in [0.1, 0.15) is 52.4 Å². The van der Waals surface area contributed by atoms with Crippen LogP contribution in [0.2, 0.25) is 0 Å². The van der Waals surface area contributed by atoms with Gasteiger partial charge in [-0.25, -0.2) is 9.59 Å². The van der Waals surface area contributed by atoms with Crippen molar-refractivity contribution in [1.29, 1.82) is 0 Å². The van der Waals surface area contributed by atoms with Gasteiger partial charge in [-0.3, -0.25) is 0 Å². The van der Waals surface area contributed by atoms with E-state index in [4.69, 9.17) is 0 Å². The zero-order valence-corrected chi connectivity index (χ0v) is 11.2. The fourth-order valence-corrected chi connectivity index (χ4v) is 3.07. The molecule has 1 saturated heterocycles. The van der Waals surface area contributed by atoms with Crippen molar-refractivity contribution < 1.29 is 14.7 Å². The normalized spacial score (nSPS) is 29.8. The molecule has 2 fully saturated rings. The maximum atomic E-state index is 12.3. The summed E-state index contributed by atoms with van der Waals surface area (Å²) in [6, 6.07) is -0.209. The van der Waals surface area contributed by atoms with Crippen LogP contribution in [0.25, 0.3) is 0 Å². The summed E-state index contributed by atoms with van der Waals surface area (Å²) in [5.41, 5.74) is -1.12. The van der Waals surface area contributed by atoms with E-state index < -0.39 is 11.5 Å². The molecule has 18 heavy (non-hydrogen) atoms. The lowest BCUT2D eigenvalue weighted by Crippen LogP contribution is -2.61. The number of aliphatic carboxylic acids is 1. The van der Waals surface area contributed by atoms with E-state index in [2.05, 4.69) is 5.32 Å². The molecule has 0 aromatic rings. The summed E-state index contributed by atoms with van der Waals surface area (Å²) in [7, 11) is 0. The second-order valence-corrected chi connectivity index (χ2v) is 5.79. The molecule has 2 N–H and O–H groups in total. The van der Waals surface area contributed by atoms with Crippen LogP contribution in [-0.2, 0) is 4.79 Å². The van der Waals surface area contributed by atoms with Crippen LogP contribution in [0.15, 0.2) is 0 Å². The van der Waals surface area contributed by atoms with E-state index in [-0.39, 0.29) is 11.6 Å². The number of carbonyl (C=O) groups is 2. The molecule has 2 amide bonds. The standard InChI is InChI=1S/C13H22N2O3/c1-3-13(10(16)17)8-5-9-15(13)11(18)14-12(2)6-4-7-12/h3-9H2,1-2H3,(H,14,18)(H,16,17). The largest absolute Gasteiger partial charge is 0.479 e. The van der Waals surface area contributed by atoms with Crippen LogP contribution in [0.5, 0.6) is 0 Å². The minimum atomic E-state index is -0.996. The summed E-state index contributed by atoms with van der Waals surface area (Å²) in [4.78, 5) is 25.3. The smallest absolute Gasteiger partial charge is 0.329 e. The third kappa shape index (κ3) is 1.95. The molecule has 1 aliphatic carbocycles. The van der Waals surface area contributed by atoms with Gasteiger partial charge in [0.25, 0.3) is 0 Å². The predicted molar refractivity (Wildman–Crippen MR) is 67.4 cm³/mol. The van der Waals surface area contributed by atoms with E-state index in [9.17, 15) is 14.7 Å². The molecule has 102 valence electrons. The van der Waals surface area contributed by atoms with Gasteiger partial charge in [0.2, 0.25) is 0 Å². The number of carboxylic acids is 1. The Kier molecular flexibility index (Phi) is 3.25. The van der Waals surface area contributed by atoms with Crippen LogP contribution in [-0.4, -0.2) is 39.6 Å². The topological polar surface area (TPSA) is 69.6 Å². The highest BCUT2D eigenvalue weighted by Crippen LogP contribution is 2.35. The SMILES string of the molecule is CCC1(C(=O)O)CCCN1C(=O)NC1(C)CCC1. The lowest BCUT2D eigenvalue weighted by atomic mass is 9.78. The van der Waals surface area contributed by atoms with Crippen LogP contribution in [0.3, 0.4) is 0 Å². The average molecular weight is 254 g/mol. The Bertz CT molecular complexity index is 365. The number of hydrogen-bond donors (Lipinski definition) is 2. The summed E-state index contributed by atoms with van der Waals surface area (Å²) >= 11 is 0. The van der Waals surface area contributed by atoms with Crippen LogP contribution in [0, 0.1) is 0 Å². The highest BCUT2D eigenvalue weighted by Gasteiger charge is 2.49. The van der Waals surface area contributed by atoms with Gasteiger partial charge in [0.1, 0.15) is 5.54 Å². The molecule has 0 bridgehead atoms. The number of hydrogen-bond acceptors (Lipinski definition) is 2. The fourth-order valence-electron chi connectivity index (χ4n) is 3.07. The Hall–Kier alpha value is -1.26. The van der Waals surface area contributed by atoms with Gasteiger partial charge in [-0.05, 0) is 45.4 Å². The van der Waals surface area contributed by atoms with Crippen molar-refractivity contribution in [3.05, 3.63) is 0 Å². The van der Waals surface area contributed by atoms with E-state index in [1.807, 2.05) is 13.8 Å². The molecule has 0 aromatic heterocycles. The molecule has 1 aliphatic heterocycles. The first-order chi connectivity index (χ1) is 8.43. The molecule has 5 nitrogen and oxygen atoms in total. The van der Waals surface area contributed by atoms with E-state index in [1.165, 1.54) is 4.90 Å². The molecule has 1 unspecified atom stereocenters. The maximum Gasteiger partial charge on any atom is 0.329 e. The Labute approximate surface area is 108 Å². The highest BCUT2D eigenvalue weighted by molar-refractivity contribution is 5.87. The van der Waals surface area contributed by atoms with Crippen LogP contribution < -0.4 is 5.32 Å². The van der Waals surface area contributed by atoms with E-state index in [1.54, 1.807) is 0 Å². The van der Waals surface area contributed by atoms with Crippen molar-refractivity contribution in [1.82, 2.24) is 10.2 Å². The fraction of sp³-hybridized carbons (Fsp3) is 0.846. The number of nitrogens with zero attached hydrogens (tertiary/aromatic N) is 1. The number of amides is 2. The van der Waals surface area contributed by atoms with Gasteiger partial charge in [0.15, 0.2) is 0 Å². The molecular formula is C13H22N2O3. The number of nitrogens with one attached hydrogen (secondary N) is 1. The van der Waals surface area contributed by atoms with Crippen molar-refractivity contribution in [2.45, 2.75) is 63.5 Å². The summed E-state index contributed by atoms with van der Waals surface area (Å²) in [6.07, 6.45) is 4.89. The minimum Gasteiger partial charge on any atom is -0.479 e. The Morgan fingerprint density at radius 1 is 1.28 bits per heavy atom. The zero-order chi connectivity index (χ0) is 13.4. The average Bonchev–Trinajstić information content (AvgIpc) is 2.71. The predicted octanol–water partition coefficient (Wildman–Crippen LogP) is 1.97. The Balaban J connectivity index is 2.11. The van der Waals surface area contributed by atoms with Crippen molar-refractivity contribution in [3.8, 4) is 0 Å². The monoisotopic (exact) mass is 254 g/mol. The van der Waals surface area contributed by atoms with Gasteiger partial charge >= 0.3 is 12.0 Å². The van der Waals surface area contributed by atoms with Gasteiger partial charge in [0.05, 0.1) is 0 Å². The number of carboxylic acid groups (broad SMARTS) is 1. The van der Waals surface area contributed by atoms with Gasteiger partial charge in [-0.15, -0.1) is 0 Å². The molecule has 5 heteroatoms. The van der Waals surface area contributed by atoms with Crippen LogP contribution in [0.4, 0.5) is 4.79 Å². The number of carbonyl (C=O) groups excluding carboxylic acids is 1. The van der Waals surface area contributed by atoms with Gasteiger partial charge in [-0.1, -0.05) is 6.92 Å². The molecule has 1 saturated carbocycles. The summed E-state index contributed by atoms with van der Waals surface area (Å²) < 4.78 is 0. The molecule has 1 heterocycles. The van der Waals surface area contributed by atoms with Gasteiger partial charge < -0.3 is 15.3 Å².